The van der Waals surface area contributed by atoms with Gasteiger partial charge in [0.15, 0.2) is 5.82 Å². The second-order valence-electron chi connectivity index (χ2n) is 5.62. The topological polar surface area (TPSA) is 56.2 Å². The Balaban J connectivity index is 1.70. The van der Waals surface area contributed by atoms with Crippen LogP contribution < -0.4 is 10.1 Å². The molecule has 1 heterocycles. The number of amides is 1. The van der Waals surface area contributed by atoms with Crippen LogP contribution in [0.4, 0.5) is 14.6 Å². The van der Waals surface area contributed by atoms with Gasteiger partial charge in [0.25, 0.3) is 5.91 Å². The first-order valence-corrected chi connectivity index (χ1v) is 8.98. The molecule has 10 heteroatoms. The van der Waals surface area contributed by atoms with Gasteiger partial charge in [-0.15, -0.1) is 0 Å². The van der Waals surface area contributed by atoms with Gasteiger partial charge < -0.3 is 10.1 Å². The summed E-state index contributed by atoms with van der Waals surface area (Å²) < 4.78 is 30.1. The molecule has 0 aliphatic rings. The molecule has 3 rings (SSSR count). The van der Waals surface area contributed by atoms with E-state index in [0.717, 1.165) is 5.56 Å². The van der Waals surface area contributed by atoms with E-state index in [1.54, 1.807) is 24.4 Å². The van der Waals surface area contributed by atoms with Crippen LogP contribution in [0.5, 0.6) is 5.75 Å². The van der Waals surface area contributed by atoms with Gasteiger partial charge in [-0.2, -0.15) is 13.9 Å². The number of nitrogens with one attached hydrogen (secondary N) is 1. The number of anilines is 1. The van der Waals surface area contributed by atoms with E-state index in [-0.39, 0.29) is 22.2 Å². The van der Waals surface area contributed by atoms with Gasteiger partial charge in [0, 0.05) is 21.8 Å². The van der Waals surface area contributed by atoms with Gasteiger partial charge in [-0.25, -0.2) is 0 Å². The Morgan fingerprint density at radius 2 is 1.82 bits per heavy atom. The lowest BCUT2D eigenvalue weighted by molar-refractivity contribution is -0.0498. The molecule has 0 spiro atoms. The summed E-state index contributed by atoms with van der Waals surface area (Å²) in [6, 6.07) is 10.3. The molecule has 0 aliphatic heterocycles. The Labute approximate surface area is 173 Å². The van der Waals surface area contributed by atoms with Crippen LogP contribution in [0.2, 0.25) is 15.1 Å². The Morgan fingerprint density at radius 1 is 1.11 bits per heavy atom. The summed E-state index contributed by atoms with van der Waals surface area (Å²) >= 11 is 18.2. The van der Waals surface area contributed by atoms with Crippen LogP contribution in [-0.4, -0.2) is 22.3 Å². The van der Waals surface area contributed by atoms with Crippen molar-refractivity contribution in [3.8, 4) is 5.75 Å². The van der Waals surface area contributed by atoms with Crippen LogP contribution in [-0.2, 0) is 6.54 Å². The number of benzene rings is 2. The Hall–Kier alpha value is -2.35. The predicted molar refractivity (Wildman–Crippen MR) is 104 cm³/mol. The highest BCUT2D eigenvalue weighted by Crippen LogP contribution is 2.25. The number of carbonyl (C=O) groups is 1. The first-order chi connectivity index (χ1) is 13.3. The molecule has 0 aliphatic carbocycles. The minimum atomic E-state index is -2.93. The Morgan fingerprint density at radius 3 is 2.46 bits per heavy atom. The van der Waals surface area contributed by atoms with E-state index in [4.69, 9.17) is 34.8 Å². The minimum absolute atomic E-state index is 0.0475. The summed E-state index contributed by atoms with van der Waals surface area (Å²) in [5, 5.41) is 8.03. The van der Waals surface area contributed by atoms with Crippen LogP contribution in [0.3, 0.4) is 0 Å². The van der Waals surface area contributed by atoms with Crippen LogP contribution >= 0.6 is 34.8 Å². The molecule has 146 valence electrons. The zero-order chi connectivity index (χ0) is 20.3. The molecule has 0 saturated heterocycles. The first-order valence-electron chi connectivity index (χ1n) is 7.85. The maximum absolute atomic E-state index is 12.3. The fraction of sp³-hybridized carbons (Fsp3) is 0.111. The number of nitrogens with zero attached hydrogens (tertiary/aromatic N) is 2. The fourth-order valence-corrected chi connectivity index (χ4v) is 3.02. The van der Waals surface area contributed by atoms with E-state index in [9.17, 15) is 13.6 Å². The van der Waals surface area contributed by atoms with Crippen LogP contribution in [0.15, 0.2) is 48.7 Å². The standard InChI is InChI=1S/C18H12Cl3F2N3O2/c19-12-4-1-11(14(20)7-12)8-26-9-15(21)16(25-26)24-17(27)10-2-5-13(6-3-10)28-18(22)23/h1-7,9,18H,8H2,(H,24,25,27). The zero-order valence-electron chi connectivity index (χ0n) is 14.0. The number of halogens is 5. The van der Waals surface area contributed by atoms with Crippen LogP contribution in [0.25, 0.3) is 0 Å². The van der Waals surface area contributed by atoms with Gasteiger partial charge >= 0.3 is 6.61 Å². The van der Waals surface area contributed by atoms with Crippen molar-refractivity contribution in [2.75, 3.05) is 5.32 Å². The summed E-state index contributed by atoms with van der Waals surface area (Å²) in [5.41, 5.74) is 1.01. The molecule has 1 amide bonds. The number of alkyl halides is 2. The number of aromatic nitrogens is 2. The molecule has 0 bridgehead atoms. The van der Waals surface area contributed by atoms with Crippen molar-refractivity contribution in [3.63, 3.8) is 0 Å². The SMILES string of the molecule is O=C(Nc1nn(Cc2ccc(Cl)cc2Cl)cc1Cl)c1ccc(OC(F)F)cc1. The number of hydrogen-bond acceptors (Lipinski definition) is 3. The van der Waals surface area contributed by atoms with Gasteiger partial charge in [-0.3, -0.25) is 9.48 Å². The summed E-state index contributed by atoms with van der Waals surface area (Å²) in [7, 11) is 0. The van der Waals surface area contributed by atoms with Crippen molar-refractivity contribution >= 4 is 46.5 Å². The van der Waals surface area contributed by atoms with Gasteiger partial charge in [-0.05, 0) is 42.0 Å². The van der Waals surface area contributed by atoms with Gasteiger partial charge in [-0.1, -0.05) is 40.9 Å². The molecule has 3 aromatic rings. The lowest BCUT2D eigenvalue weighted by Gasteiger charge is -2.06. The van der Waals surface area contributed by atoms with E-state index in [2.05, 4.69) is 15.2 Å². The molecular formula is C18H12Cl3F2N3O2. The molecule has 0 unspecified atom stereocenters. The third-order valence-electron chi connectivity index (χ3n) is 3.64. The average molecular weight is 447 g/mol. The molecule has 1 N–H and O–H groups in total. The smallest absolute Gasteiger partial charge is 0.387 e. The lowest BCUT2D eigenvalue weighted by Crippen LogP contribution is -2.13. The highest BCUT2D eigenvalue weighted by Gasteiger charge is 2.14. The first kappa shape index (κ1) is 20.4. The van der Waals surface area contributed by atoms with E-state index in [0.29, 0.717) is 16.6 Å². The summed E-state index contributed by atoms with van der Waals surface area (Å²) in [5.74, 6) is -0.390. The number of hydrogen-bond donors (Lipinski definition) is 1. The Bertz CT molecular complexity index is 994. The van der Waals surface area contributed by atoms with Crippen LogP contribution in [0, 0.1) is 0 Å². The van der Waals surface area contributed by atoms with Crippen molar-refractivity contribution in [2.24, 2.45) is 0 Å². The van der Waals surface area contributed by atoms with Crippen molar-refractivity contribution in [2.45, 2.75) is 13.2 Å². The monoisotopic (exact) mass is 445 g/mol. The summed E-state index contributed by atoms with van der Waals surface area (Å²) in [6.07, 6.45) is 1.54. The van der Waals surface area contributed by atoms with Gasteiger partial charge in [0.2, 0.25) is 0 Å². The van der Waals surface area contributed by atoms with E-state index in [1.165, 1.54) is 28.9 Å². The molecular weight excluding hydrogens is 435 g/mol. The van der Waals surface area contributed by atoms with Gasteiger partial charge in [0.1, 0.15) is 10.8 Å². The highest BCUT2D eigenvalue weighted by molar-refractivity contribution is 6.35. The maximum Gasteiger partial charge on any atom is 0.387 e. The molecule has 0 radical (unpaired) electrons. The molecule has 2 aromatic carbocycles. The van der Waals surface area contributed by atoms with Crippen LogP contribution in [0.1, 0.15) is 15.9 Å². The van der Waals surface area contributed by atoms with Crippen molar-refractivity contribution in [1.29, 1.82) is 0 Å². The molecule has 0 atom stereocenters. The molecule has 0 fully saturated rings. The van der Waals surface area contributed by atoms with E-state index in [1.807, 2.05) is 0 Å². The molecule has 0 saturated carbocycles. The highest BCUT2D eigenvalue weighted by atomic mass is 35.5. The number of carbonyl (C=O) groups excluding carboxylic acids is 1. The Kier molecular flexibility index (Phi) is 6.39. The van der Waals surface area contributed by atoms with Crippen molar-refractivity contribution < 1.29 is 18.3 Å². The normalized spacial score (nSPS) is 10.9. The fourth-order valence-electron chi connectivity index (χ4n) is 2.35. The maximum atomic E-state index is 12.3. The summed E-state index contributed by atoms with van der Waals surface area (Å²) in [4.78, 5) is 12.3. The minimum Gasteiger partial charge on any atom is -0.435 e. The molecule has 28 heavy (non-hydrogen) atoms. The number of ether oxygens (including phenoxy) is 1. The quantitative estimate of drug-likeness (QED) is 0.525. The average Bonchev–Trinajstić information content (AvgIpc) is 2.96. The van der Waals surface area contributed by atoms with Crippen molar-refractivity contribution in [3.05, 3.63) is 74.9 Å². The largest absolute Gasteiger partial charge is 0.435 e. The second-order valence-corrected chi connectivity index (χ2v) is 6.87. The zero-order valence-corrected chi connectivity index (χ0v) is 16.3. The predicted octanol–water partition coefficient (Wildman–Crippen LogP) is 5.75. The summed E-state index contributed by atoms with van der Waals surface area (Å²) in [6.45, 7) is -2.61. The second kappa shape index (κ2) is 8.77. The third-order valence-corrected chi connectivity index (χ3v) is 4.50. The van der Waals surface area contributed by atoms with Crippen molar-refractivity contribution in [1.82, 2.24) is 9.78 Å². The molecule has 5 nitrogen and oxygen atoms in total. The van der Waals surface area contributed by atoms with E-state index < -0.39 is 12.5 Å². The van der Waals surface area contributed by atoms with Gasteiger partial charge in [0.05, 0.1) is 6.54 Å². The lowest BCUT2D eigenvalue weighted by atomic mass is 10.2. The number of rotatable bonds is 6. The van der Waals surface area contributed by atoms with E-state index >= 15 is 0 Å². The third kappa shape index (κ3) is 5.13. The molecule has 1 aromatic heterocycles.